The first-order valence-corrected chi connectivity index (χ1v) is 14.4. The molecule has 0 saturated carbocycles. The van der Waals surface area contributed by atoms with E-state index < -0.39 is 5.82 Å². The summed E-state index contributed by atoms with van der Waals surface area (Å²) in [5.74, 6) is -0.391. The third-order valence-corrected chi connectivity index (χ3v) is 8.31. The summed E-state index contributed by atoms with van der Waals surface area (Å²) in [6, 6.07) is 6.42. The van der Waals surface area contributed by atoms with Gasteiger partial charge in [0.2, 0.25) is 5.95 Å². The molecule has 5 rings (SSSR count). The molecule has 1 aromatic carbocycles. The summed E-state index contributed by atoms with van der Waals surface area (Å²) in [6.07, 6.45) is 3.78. The van der Waals surface area contributed by atoms with E-state index in [0.717, 1.165) is 64.6 Å². The van der Waals surface area contributed by atoms with Crippen LogP contribution in [0.25, 0.3) is 10.6 Å². The molecular weight excluding hydrogens is 520 g/mol. The van der Waals surface area contributed by atoms with E-state index in [4.69, 9.17) is 0 Å². The van der Waals surface area contributed by atoms with E-state index >= 15 is 0 Å². The number of hydrogen-bond donors (Lipinski definition) is 3. The third-order valence-electron chi connectivity index (χ3n) is 7.29. The summed E-state index contributed by atoms with van der Waals surface area (Å²) in [4.78, 5) is 20.7. The number of nitrogens with zero attached hydrogens (tertiary/aromatic N) is 6. The van der Waals surface area contributed by atoms with Crippen LogP contribution in [0.4, 0.5) is 25.5 Å². The molecule has 39 heavy (non-hydrogen) atoms. The second kappa shape index (κ2) is 12.6. The van der Waals surface area contributed by atoms with E-state index in [1.54, 1.807) is 18.3 Å². The average Bonchev–Trinajstić information content (AvgIpc) is 3.55. The van der Waals surface area contributed by atoms with Crippen LogP contribution in [0.5, 0.6) is 0 Å². The molecule has 2 saturated heterocycles. The predicted molar refractivity (Wildman–Crippen MR) is 153 cm³/mol. The van der Waals surface area contributed by atoms with Crippen molar-refractivity contribution in [3.63, 3.8) is 0 Å². The lowest BCUT2D eigenvalue weighted by molar-refractivity contribution is 0.190. The lowest BCUT2D eigenvalue weighted by Crippen LogP contribution is -2.44. The maximum absolute atomic E-state index is 14.9. The minimum absolute atomic E-state index is 0.0942. The second-order valence-electron chi connectivity index (χ2n) is 10.6. The molecule has 2 aromatic heterocycles. The van der Waals surface area contributed by atoms with Crippen molar-refractivity contribution in [3.8, 4) is 10.6 Å². The Morgan fingerprint density at radius 1 is 1.05 bits per heavy atom. The van der Waals surface area contributed by atoms with E-state index in [1.807, 2.05) is 0 Å². The lowest BCUT2D eigenvalue weighted by Gasteiger charge is -2.30. The normalized spacial score (nSPS) is 17.9. The average molecular weight is 558 g/mol. The van der Waals surface area contributed by atoms with Gasteiger partial charge in [0, 0.05) is 76.4 Å². The molecular formula is C27H37F2N9S. The molecule has 0 aliphatic carbocycles. The minimum atomic E-state index is -0.493. The number of rotatable bonds is 11. The van der Waals surface area contributed by atoms with Crippen LogP contribution in [0, 0.1) is 11.6 Å². The highest BCUT2D eigenvalue weighted by Gasteiger charge is 2.31. The van der Waals surface area contributed by atoms with Gasteiger partial charge in [0.15, 0.2) is 10.9 Å². The Balaban J connectivity index is 1.28. The van der Waals surface area contributed by atoms with Crippen molar-refractivity contribution in [3.05, 3.63) is 48.3 Å². The zero-order chi connectivity index (χ0) is 27.2. The predicted octanol–water partition coefficient (Wildman–Crippen LogP) is 3.36. The summed E-state index contributed by atoms with van der Waals surface area (Å²) in [5.41, 5.74) is 1.17. The van der Waals surface area contributed by atoms with E-state index in [2.05, 4.69) is 59.4 Å². The molecule has 3 aromatic rings. The summed E-state index contributed by atoms with van der Waals surface area (Å²) in [6.45, 7) is 13.4. The Morgan fingerprint density at radius 2 is 1.85 bits per heavy atom. The lowest BCUT2D eigenvalue weighted by atomic mass is 10.1. The topological polar surface area (TPSA) is 84.5 Å². The number of anilines is 3. The standard InChI is InChI=1S/C27H37F2N9S/c1-27(2)18-31-19-37(27)15-10-32-25-33-16-22(29)24(35-25)23-17-34-26(39-23)38(21-6-4-20(28)5-7-21)12-3-11-36-13-8-30-9-14-36/h4-7,16-17,30-31H,3,8-15,18-19H2,1-2H3,(H,32,33,35). The Morgan fingerprint density at radius 3 is 2.59 bits per heavy atom. The second-order valence-corrected chi connectivity index (χ2v) is 11.6. The fraction of sp³-hybridized carbons (Fsp3) is 0.519. The van der Waals surface area contributed by atoms with Crippen LogP contribution in [0.3, 0.4) is 0 Å². The molecule has 12 heteroatoms. The van der Waals surface area contributed by atoms with Crippen LogP contribution in [0.2, 0.25) is 0 Å². The number of thiazole rings is 1. The Labute approximate surface area is 232 Å². The Kier molecular flexibility index (Phi) is 8.98. The highest BCUT2D eigenvalue weighted by molar-refractivity contribution is 7.18. The molecule has 0 bridgehead atoms. The number of aromatic nitrogens is 3. The van der Waals surface area contributed by atoms with E-state index in [-0.39, 0.29) is 17.1 Å². The van der Waals surface area contributed by atoms with Crippen molar-refractivity contribution in [2.45, 2.75) is 25.8 Å². The zero-order valence-electron chi connectivity index (χ0n) is 22.6. The van der Waals surface area contributed by atoms with Crippen molar-refractivity contribution in [1.29, 1.82) is 0 Å². The van der Waals surface area contributed by atoms with Gasteiger partial charge in [-0.15, -0.1) is 0 Å². The first-order chi connectivity index (χ1) is 18.9. The molecule has 0 radical (unpaired) electrons. The van der Waals surface area contributed by atoms with Crippen LogP contribution in [0.1, 0.15) is 20.3 Å². The number of benzene rings is 1. The summed E-state index contributed by atoms with van der Waals surface area (Å²) in [5, 5.41) is 10.7. The van der Waals surface area contributed by atoms with Crippen LogP contribution >= 0.6 is 11.3 Å². The van der Waals surface area contributed by atoms with Crippen LogP contribution in [-0.2, 0) is 0 Å². The van der Waals surface area contributed by atoms with Crippen molar-refractivity contribution in [1.82, 2.24) is 35.4 Å². The van der Waals surface area contributed by atoms with Crippen LogP contribution in [-0.4, -0.2) is 95.9 Å². The Hall–Kier alpha value is -2.77. The number of piperazine rings is 1. The van der Waals surface area contributed by atoms with Crippen LogP contribution in [0.15, 0.2) is 36.7 Å². The molecule has 3 N–H and O–H groups in total. The van der Waals surface area contributed by atoms with Crippen molar-refractivity contribution in [2.75, 3.05) is 75.8 Å². The summed E-state index contributed by atoms with van der Waals surface area (Å²) >= 11 is 1.37. The van der Waals surface area contributed by atoms with Gasteiger partial charge in [-0.25, -0.2) is 23.7 Å². The van der Waals surface area contributed by atoms with Gasteiger partial charge in [-0.1, -0.05) is 11.3 Å². The smallest absolute Gasteiger partial charge is 0.223 e. The monoisotopic (exact) mass is 557 g/mol. The maximum atomic E-state index is 14.9. The maximum Gasteiger partial charge on any atom is 0.223 e. The molecule has 9 nitrogen and oxygen atoms in total. The first-order valence-electron chi connectivity index (χ1n) is 13.5. The Bertz CT molecular complexity index is 1210. The molecule has 0 spiro atoms. The van der Waals surface area contributed by atoms with E-state index in [1.165, 1.54) is 29.7 Å². The van der Waals surface area contributed by atoms with Gasteiger partial charge in [-0.3, -0.25) is 4.90 Å². The fourth-order valence-corrected chi connectivity index (χ4v) is 5.93. The number of halogens is 2. The van der Waals surface area contributed by atoms with E-state index in [0.29, 0.717) is 29.0 Å². The molecule has 2 aliphatic heterocycles. The van der Waals surface area contributed by atoms with Gasteiger partial charge in [0.25, 0.3) is 0 Å². The molecule has 2 fully saturated rings. The molecule has 0 atom stereocenters. The summed E-state index contributed by atoms with van der Waals surface area (Å²) in [7, 11) is 0. The van der Waals surface area contributed by atoms with Gasteiger partial charge in [0.05, 0.1) is 11.1 Å². The van der Waals surface area contributed by atoms with Gasteiger partial charge < -0.3 is 25.8 Å². The van der Waals surface area contributed by atoms with Crippen molar-refractivity contribution < 1.29 is 8.78 Å². The molecule has 2 aliphatic rings. The van der Waals surface area contributed by atoms with Gasteiger partial charge in [-0.2, -0.15) is 0 Å². The van der Waals surface area contributed by atoms with Crippen molar-refractivity contribution in [2.24, 2.45) is 0 Å². The quantitative estimate of drug-likeness (QED) is 0.329. The molecule has 0 unspecified atom stereocenters. The highest BCUT2D eigenvalue weighted by Crippen LogP contribution is 2.35. The number of nitrogens with one attached hydrogen (secondary N) is 3. The van der Waals surface area contributed by atoms with E-state index in [9.17, 15) is 8.78 Å². The first kappa shape index (κ1) is 27.8. The fourth-order valence-electron chi connectivity index (χ4n) is 4.97. The molecule has 210 valence electrons. The van der Waals surface area contributed by atoms with Gasteiger partial charge in [0.1, 0.15) is 11.5 Å². The van der Waals surface area contributed by atoms with Gasteiger partial charge in [-0.05, 0) is 51.1 Å². The molecule has 0 amide bonds. The van der Waals surface area contributed by atoms with Gasteiger partial charge >= 0.3 is 0 Å². The van der Waals surface area contributed by atoms with Crippen molar-refractivity contribution >= 4 is 28.1 Å². The SMILES string of the molecule is CC1(C)CNCN1CCNc1ncc(F)c(-c2cnc(N(CCCN3CCNCC3)c3ccc(F)cc3)s2)n1. The molecule has 4 heterocycles. The largest absolute Gasteiger partial charge is 0.353 e. The zero-order valence-corrected chi connectivity index (χ0v) is 23.4. The third kappa shape index (κ3) is 7.06. The highest BCUT2D eigenvalue weighted by atomic mass is 32.1. The minimum Gasteiger partial charge on any atom is -0.353 e. The van der Waals surface area contributed by atoms with Crippen LogP contribution < -0.4 is 20.9 Å². The summed E-state index contributed by atoms with van der Waals surface area (Å²) < 4.78 is 28.5. The number of hydrogen-bond acceptors (Lipinski definition) is 10.